The maximum atomic E-state index is 11.2. The average Bonchev–Trinajstić information content (AvgIpc) is 2.42. The first-order valence-corrected chi connectivity index (χ1v) is 7.19. The second-order valence-corrected chi connectivity index (χ2v) is 6.12. The van der Waals surface area contributed by atoms with E-state index in [9.17, 15) is 10.1 Å². The van der Waals surface area contributed by atoms with Crippen LogP contribution in [0, 0.1) is 10.1 Å². The molecule has 1 fully saturated rings. The fourth-order valence-corrected chi connectivity index (χ4v) is 2.73. The summed E-state index contributed by atoms with van der Waals surface area (Å²) >= 11 is 11.9. The third kappa shape index (κ3) is 3.00. The lowest BCUT2D eigenvalue weighted by molar-refractivity contribution is -0.384. The molecule has 0 amide bonds. The van der Waals surface area contributed by atoms with E-state index in [-0.39, 0.29) is 16.2 Å². The molecule has 1 heterocycles. The van der Waals surface area contributed by atoms with Crippen molar-refractivity contribution in [1.82, 2.24) is 5.32 Å². The first-order chi connectivity index (χ1) is 9.36. The molecule has 1 aliphatic heterocycles. The van der Waals surface area contributed by atoms with E-state index in [1.54, 1.807) is 6.07 Å². The number of hydrogen-bond donors (Lipinski definition) is 1. The normalized spacial score (nSPS) is 18.1. The van der Waals surface area contributed by atoms with Gasteiger partial charge in [-0.15, -0.1) is 0 Å². The van der Waals surface area contributed by atoms with Crippen molar-refractivity contribution in [2.45, 2.75) is 25.3 Å². The van der Waals surface area contributed by atoms with Crippen molar-refractivity contribution < 1.29 is 4.92 Å². The highest BCUT2D eigenvalue weighted by molar-refractivity contribution is 6.42. The summed E-state index contributed by atoms with van der Waals surface area (Å²) in [5.74, 6) is 0. The second-order valence-electron chi connectivity index (χ2n) is 5.31. The molecule has 0 aromatic heterocycles. The highest BCUT2D eigenvalue weighted by atomic mass is 35.5. The molecule has 1 saturated heterocycles. The number of nitrogens with zero attached hydrogens (tertiary/aromatic N) is 2. The van der Waals surface area contributed by atoms with Crippen LogP contribution in [0.25, 0.3) is 0 Å². The van der Waals surface area contributed by atoms with Crippen LogP contribution in [-0.2, 0) is 0 Å². The Morgan fingerprint density at radius 1 is 1.30 bits per heavy atom. The minimum Gasteiger partial charge on any atom is -0.366 e. The molecule has 0 bridgehead atoms. The number of piperidine rings is 1. The van der Waals surface area contributed by atoms with Crippen molar-refractivity contribution in [3.05, 3.63) is 32.3 Å². The highest BCUT2D eigenvalue weighted by Gasteiger charge is 2.31. The van der Waals surface area contributed by atoms with Gasteiger partial charge in [-0.1, -0.05) is 23.2 Å². The van der Waals surface area contributed by atoms with Gasteiger partial charge in [0.25, 0.3) is 5.69 Å². The third-order valence-electron chi connectivity index (χ3n) is 4.03. The van der Waals surface area contributed by atoms with Crippen LogP contribution in [0.15, 0.2) is 12.1 Å². The number of hydrogen-bond acceptors (Lipinski definition) is 4. The molecule has 0 radical (unpaired) electrons. The van der Waals surface area contributed by atoms with E-state index in [0.717, 1.165) is 25.9 Å². The molecule has 1 aromatic rings. The number of halogens is 2. The monoisotopic (exact) mass is 317 g/mol. The fraction of sp³-hybridized carbons (Fsp3) is 0.538. The lowest BCUT2D eigenvalue weighted by Gasteiger charge is -2.40. The topological polar surface area (TPSA) is 58.4 Å². The van der Waals surface area contributed by atoms with Crippen LogP contribution < -0.4 is 10.2 Å². The maximum absolute atomic E-state index is 11.2. The zero-order valence-electron chi connectivity index (χ0n) is 11.4. The van der Waals surface area contributed by atoms with Crippen LogP contribution in [0.5, 0.6) is 0 Å². The Balaban J connectivity index is 2.30. The molecule has 0 atom stereocenters. The minimum absolute atomic E-state index is 0.00691. The Kier molecular flexibility index (Phi) is 4.42. The molecule has 1 aromatic carbocycles. The van der Waals surface area contributed by atoms with Gasteiger partial charge in [-0.3, -0.25) is 10.1 Å². The van der Waals surface area contributed by atoms with Crippen LogP contribution >= 0.6 is 23.2 Å². The third-order valence-corrected chi connectivity index (χ3v) is 4.75. The number of nitrogens with one attached hydrogen (secondary N) is 1. The smallest absolute Gasteiger partial charge is 0.294 e. The Bertz CT molecular complexity index is 529. The largest absolute Gasteiger partial charge is 0.366 e. The van der Waals surface area contributed by atoms with Crippen molar-refractivity contribution in [3.63, 3.8) is 0 Å². The standard InChI is InChI=1S/C13H17Cl2N3O2/c1-13(16-2)3-5-17(6-4-13)11-7-9(14)10(15)8-12(11)18(19)20/h7-8,16H,3-6H2,1-2H3. The predicted octanol–water partition coefficient (Wildman–Crippen LogP) is 3.48. The number of nitro groups is 1. The van der Waals surface area contributed by atoms with Crippen molar-refractivity contribution in [2.24, 2.45) is 0 Å². The fourth-order valence-electron chi connectivity index (χ4n) is 2.42. The summed E-state index contributed by atoms with van der Waals surface area (Å²) in [5.41, 5.74) is 0.636. The van der Waals surface area contributed by atoms with E-state index >= 15 is 0 Å². The van der Waals surface area contributed by atoms with E-state index in [4.69, 9.17) is 23.2 Å². The molecule has 2 rings (SSSR count). The van der Waals surface area contributed by atoms with Gasteiger partial charge >= 0.3 is 0 Å². The highest BCUT2D eigenvalue weighted by Crippen LogP contribution is 2.38. The summed E-state index contributed by atoms with van der Waals surface area (Å²) in [5, 5.41) is 15.0. The number of rotatable bonds is 3. The summed E-state index contributed by atoms with van der Waals surface area (Å²) in [6.07, 6.45) is 1.84. The van der Waals surface area contributed by atoms with Gasteiger partial charge in [0.1, 0.15) is 5.69 Å². The molecule has 1 N–H and O–H groups in total. The van der Waals surface area contributed by atoms with E-state index < -0.39 is 4.92 Å². The quantitative estimate of drug-likeness (QED) is 0.685. The minimum atomic E-state index is -0.413. The molecule has 5 nitrogen and oxygen atoms in total. The lowest BCUT2D eigenvalue weighted by Crippen LogP contribution is -2.50. The molecule has 1 aliphatic rings. The zero-order chi connectivity index (χ0) is 14.9. The second kappa shape index (κ2) is 5.76. The van der Waals surface area contributed by atoms with Crippen molar-refractivity contribution in [3.8, 4) is 0 Å². The van der Waals surface area contributed by atoms with Gasteiger partial charge < -0.3 is 10.2 Å². The van der Waals surface area contributed by atoms with Gasteiger partial charge in [0.15, 0.2) is 0 Å². The molecule has 20 heavy (non-hydrogen) atoms. The SMILES string of the molecule is CNC1(C)CCN(c2cc(Cl)c(Cl)cc2[N+](=O)[O-])CC1. The molecule has 0 unspecified atom stereocenters. The van der Waals surface area contributed by atoms with Crippen LogP contribution in [-0.4, -0.2) is 30.6 Å². The lowest BCUT2D eigenvalue weighted by atomic mass is 9.89. The molecule has 0 aliphatic carbocycles. The van der Waals surface area contributed by atoms with Crippen molar-refractivity contribution in [2.75, 3.05) is 25.0 Å². The van der Waals surface area contributed by atoms with Gasteiger partial charge in [0.05, 0.1) is 15.0 Å². The van der Waals surface area contributed by atoms with E-state index in [1.165, 1.54) is 6.07 Å². The van der Waals surface area contributed by atoms with E-state index in [2.05, 4.69) is 12.2 Å². The molecular formula is C13H17Cl2N3O2. The maximum Gasteiger partial charge on any atom is 0.294 e. The Hall–Kier alpha value is -1.04. The summed E-state index contributed by atoms with van der Waals surface area (Å²) in [6.45, 7) is 3.65. The summed E-state index contributed by atoms with van der Waals surface area (Å²) in [4.78, 5) is 12.8. The van der Waals surface area contributed by atoms with Gasteiger partial charge in [-0.05, 0) is 32.9 Å². The number of anilines is 1. The Morgan fingerprint density at radius 3 is 2.35 bits per heavy atom. The molecule has 0 spiro atoms. The predicted molar refractivity (Wildman–Crippen MR) is 82.0 cm³/mol. The van der Waals surface area contributed by atoms with E-state index in [1.807, 2.05) is 11.9 Å². The van der Waals surface area contributed by atoms with Crippen molar-refractivity contribution >= 4 is 34.6 Å². The van der Waals surface area contributed by atoms with Gasteiger partial charge in [-0.2, -0.15) is 0 Å². The summed E-state index contributed by atoms with van der Waals surface area (Å²) < 4.78 is 0. The molecular weight excluding hydrogens is 301 g/mol. The summed E-state index contributed by atoms with van der Waals surface area (Å²) in [7, 11) is 1.94. The zero-order valence-corrected chi connectivity index (χ0v) is 13.0. The first kappa shape index (κ1) is 15.4. The van der Waals surface area contributed by atoms with Crippen LogP contribution in [0.4, 0.5) is 11.4 Å². The van der Waals surface area contributed by atoms with Crippen LogP contribution in [0.3, 0.4) is 0 Å². The molecule has 7 heteroatoms. The van der Waals surface area contributed by atoms with E-state index in [0.29, 0.717) is 10.7 Å². The van der Waals surface area contributed by atoms with Gasteiger partial charge in [-0.25, -0.2) is 0 Å². The Morgan fingerprint density at radius 2 is 1.85 bits per heavy atom. The first-order valence-electron chi connectivity index (χ1n) is 6.43. The summed E-state index contributed by atoms with van der Waals surface area (Å²) in [6, 6.07) is 2.91. The average molecular weight is 318 g/mol. The molecule has 110 valence electrons. The van der Waals surface area contributed by atoms with Crippen LogP contribution in [0.1, 0.15) is 19.8 Å². The Labute approximate surface area is 128 Å². The number of benzene rings is 1. The van der Waals surface area contributed by atoms with Crippen molar-refractivity contribution in [1.29, 1.82) is 0 Å². The van der Waals surface area contributed by atoms with Crippen LogP contribution in [0.2, 0.25) is 10.0 Å². The number of nitro benzene ring substituents is 1. The van der Waals surface area contributed by atoms with Gasteiger partial charge in [0, 0.05) is 24.7 Å². The molecule has 0 saturated carbocycles. The van der Waals surface area contributed by atoms with Gasteiger partial charge in [0.2, 0.25) is 0 Å².